The highest BCUT2D eigenvalue weighted by atomic mass is 35.5. The molecule has 5 rings (SSSR count). The third-order valence-electron chi connectivity index (χ3n) is 5.55. The molecule has 2 aliphatic heterocycles. The number of thiocarbonyl (C=S) groups is 1. The lowest BCUT2D eigenvalue weighted by Crippen LogP contribution is -2.30. The Bertz CT molecular complexity index is 1340. The van der Waals surface area contributed by atoms with Crippen LogP contribution in [0.2, 0.25) is 10.0 Å². The van der Waals surface area contributed by atoms with E-state index in [2.05, 4.69) is 0 Å². The standard InChI is InChI=1S/C25H16Cl2N2O2S2/c26-18-11-10-16(14-19(18)27)29-24(31)22(33-25(29)32)21-17-8-4-5-9-20(17)28(23(21)30)13-12-15-6-2-1-3-7-15/h1-11,14H,12-13H2. The van der Waals surface area contributed by atoms with Gasteiger partial charge in [-0.3, -0.25) is 14.5 Å². The van der Waals surface area contributed by atoms with E-state index in [4.69, 9.17) is 35.4 Å². The van der Waals surface area contributed by atoms with Gasteiger partial charge >= 0.3 is 0 Å². The van der Waals surface area contributed by atoms with Gasteiger partial charge in [-0.15, -0.1) is 0 Å². The maximum atomic E-state index is 13.6. The summed E-state index contributed by atoms with van der Waals surface area (Å²) in [6, 6.07) is 22.4. The molecule has 164 valence electrons. The molecular formula is C25H16Cl2N2O2S2. The third kappa shape index (κ3) is 3.97. The molecule has 0 N–H and O–H groups in total. The first-order chi connectivity index (χ1) is 16.0. The monoisotopic (exact) mass is 510 g/mol. The lowest BCUT2D eigenvalue weighted by molar-refractivity contribution is -0.115. The molecule has 3 aromatic carbocycles. The molecule has 2 heterocycles. The molecule has 0 saturated carbocycles. The molecule has 4 nitrogen and oxygen atoms in total. The topological polar surface area (TPSA) is 40.6 Å². The summed E-state index contributed by atoms with van der Waals surface area (Å²) in [4.78, 5) is 30.5. The summed E-state index contributed by atoms with van der Waals surface area (Å²) in [5, 5.41) is 0.711. The third-order valence-corrected chi connectivity index (χ3v) is 7.66. The summed E-state index contributed by atoms with van der Waals surface area (Å²) in [6.07, 6.45) is 0.707. The predicted octanol–water partition coefficient (Wildman–Crippen LogP) is 6.36. The fourth-order valence-corrected chi connectivity index (χ4v) is 5.64. The van der Waals surface area contributed by atoms with Crippen molar-refractivity contribution in [2.45, 2.75) is 6.42 Å². The molecule has 1 fully saturated rings. The summed E-state index contributed by atoms with van der Waals surface area (Å²) >= 11 is 18.8. The van der Waals surface area contributed by atoms with Crippen LogP contribution in [0.4, 0.5) is 11.4 Å². The van der Waals surface area contributed by atoms with Crippen molar-refractivity contribution in [2.75, 3.05) is 16.3 Å². The van der Waals surface area contributed by atoms with Crippen LogP contribution in [0.3, 0.4) is 0 Å². The highest BCUT2D eigenvalue weighted by Crippen LogP contribution is 2.46. The van der Waals surface area contributed by atoms with Gasteiger partial charge in [0, 0.05) is 12.1 Å². The Morgan fingerprint density at radius 2 is 1.58 bits per heavy atom. The Morgan fingerprint density at radius 1 is 0.848 bits per heavy atom. The molecular weight excluding hydrogens is 495 g/mol. The maximum absolute atomic E-state index is 13.6. The van der Waals surface area contributed by atoms with Gasteiger partial charge in [0.1, 0.15) is 0 Å². The molecule has 0 aromatic heterocycles. The van der Waals surface area contributed by atoms with Crippen LogP contribution in [0.1, 0.15) is 11.1 Å². The molecule has 33 heavy (non-hydrogen) atoms. The van der Waals surface area contributed by atoms with Gasteiger partial charge < -0.3 is 4.90 Å². The van der Waals surface area contributed by atoms with Crippen molar-refractivity contribution in [1.29, 1.82) is 0 Å². The summed E-state index contributed by atoms with van der Waals surface area (Å²) in [5.41, 5.74) is 3.58. The largest absolute Gasteiger partial charge is 0.307 e. The van der Waals surface area contributed by atoms with Crippen molar-refractivity contribution in [3.05, 3.63) is 98.9 Å². The molecule has 0 aliphatic carbocycles. The van der Waals surface area contributed by atoms with E-state index in [9.17, 15) is 9.59 Å². The smallest absolute Gasteiger partial charge is 0.271 e. The van der Waals surface area contributed by atoms with Gasteiger partial charge in [-0.2, -0.15) is 0 Å². The zero-order valence-electron chi connectivity index (χ0n) is 17.1. The molecule has 1 saturated heterocycles. The van der Waals surface area contributed by atoms with Crippen LogP contribution in [0.5, 0.6) is 0 Å². The van der Waals surface area contributed by atoms with Crippen LogP contribution >= 0.6 is 47.2 Å². The zero-order chi connectivity index (χ0) is 23.1. The van der Waals surface area contributed by atoms with Gasteiger partial charge in [0.2, 0.25) is 0 Å². The summed E-state index contributed by atoms with van der Waals surface area (Å²) < 4.78 is 0.342. The van der Waals surface area contributed by atoms with E-state index in [-0.39, 0.29) is 11.8 Å². The first-order valence-corrected chi connectivity index (χ1v) is 12.1. The lowest BCUT2D eigenvalue weighted by Gasteiger charge is -2.17. The zero-order valence-corrected chi connectivity index (χ0v) is 20.3. The van der Waals surface area contributed by atoms with Crippen LogP contribution < -0.4 is 9.80 Å². The molecule has 0 radical (unpaired) electrons. The Hall–Kier alpha value is -2.64. The number of rotatable bonds is 4. The molecule has 0 spiro atoms. The van der Waals surface area contributed by atoms with Crippen LogP contribution in [0.15, 0.2) is 77.7 Å². The second-order valence-electron chi connectivity index (χ2n) is 7.52. The Balaban J connectivity index is 1.52. The average molecular weight is 511 g/mol. The minimum Gasteiger partial charge on any atom is -0.307 e. The van der Waals surface area contributed by atoms with Gasteiger partial charge in [-0.05, 0) is 36.2 Å². The number of anilines is 2. The molecule has 8 heteroatoms. The highest BCUT2D eigenvalue weighted by Gasteiger charge is 2.42. The number of para-hydroxylation sites is 1. The van der Waals surface area contributed by atoms with Crippen molar-refractivity contribution in [3.8, 4) is 0 Å². The van der Waals surface area contributed by atoms with Crippen LogP contribution in [-0.2, 0) is 16.0 Å². The number of benzene rings is 3. The van der Waals surface area contributed by atoms with E-state index in [1.165, 1.54) is 4.90 Å². The fraction of sp³-hybridized carbons (Fsp3) is 0.0800. The van der Waals surface area contributed by atoms with Gasteiger partial charge in [0.25, 0.3) is 11.8 Å². The number of hydrogen-bond acceptors (Lipinski definition) is 4. The summed E-state index contributed by atoms with van der Waals surface area (Å²) in [6.45, 7) is 0.510. The number of carbonyl (C=O) groups excluding carboxylic acids is 2. The van der Waals surface area contributed by atoms with E-state index in [0.717, 1.165) is 28.6 Å². The quantitative estimate of drug-likeness (QED) is 0.302. The van der Waals surface area contributed by atoms with Gasteiger partial charge in [-0.25, -0.2) is 0 Å². The fourth-order valence-electron chi connectivity index (χ4n) is 3.97. The molecule has 2 amide bonds. The molecule has 0 unspecified atom stereocenters. The second kappa shape index (κ2) is 8.95. The SMILES string of the molecule is O=C1C(=C2SC(=S)N(c3ccc(Cl)c(Cl)c3)C2=O)c2ccccc2N1CCc1ccccc1. The first-order valence-electron chi connectivity index (χ1n) is 10.2. The van der Waals surface area contributed by atoms with E-state index < -0.39 is 0 Å². The minimum atomic E-state index is -0.341. The summed E-state index contributed by atoms with van der Waals surface area (Å²) in [5.74, 6) is -0.534. The first kappa shape index (κ1) is 22.2. The van der Waals surface area contributed by atoms with Crippen LogP contribution in [0.25, 0.3) is 5.57 Å². The Labute approximate surface area is 210 Å². The molecule has 0 bridgehead atoms. The van der Waals surface area contributed by atoms with E-state index in [0.29, 0.717) is 43.5 Å². The highest BCUT2D eigenvalue weighted by molar-refractivity contribution is 8.27. The molecule has 3 aromatic rings. The molecule has 2 aliphatic rings. The van der Waals surface area contributed by atoms with Gasteiger partial charge in [0.15, 0.2) is 4.32 Å². The Kier molecular flexibility index (Phi) is 6.01. The van der Waals surface area contributed by atoms with Crippen molar-refractivity contribution in [3.63, 3.8) is 0 Å². The van der Waals surface area contributed by atoms with E-state index >= 15 is 0 Å². The van der Waals surface area contributed by atoms with Crippen LogP contribution in [0, 0.1) is 0 Å². The predicted molar refractivity (Wildman–Crippen MR) is 140 cm³/mol. The number of halogens is 2. The second-order valence-corrected chi connectivity index (χ2v) is 9.98. The van der Waals surface area contributed by atoms with Crippen molar-refractivity contribution in [2.24, 2.45) is 0 Å². The number of fused-ring (bicyclic) bond motifs is 1. The normalized spacial score (nSPS) is 17.8. The van der Waals surface area contributed by atoms with Crippen LogP contribution in [-0.4, -0.2) is 22.7 Å². The van der Waals surface area contributed by atoms with Gasteiger partial charge in [-0.1, -0.05) is 95.7 Å². The van der Waals surface area contributed by atoms with E-state index in [1.54, 1.807) is 23.1 Å². The van der Waals surface area contributed by atoms with Crippen molar-refractivity contribution >= 4 is 80.3 Å². The Morgan fingerprint density at radius 3 is 2.33 bits per heavy atom. The maximum Gasteiger partial charge on any atom is 0.271 e. The van der Waals surface area contributed by atoms with E-state index in [1.807, 2.05) is 54.6 Å². The average Bonchev–Trinajstić information content (AvgIpc) is 3.26. The molecule has 0 atom stereocenters. The lowest BCUT2D eigenvalue weighted by atomic mass is 10.1. The summed E-state index contributed by atoms with van der Waals surface area (Å²) in [7, 11) is 0. The van der Waals surface area contributed by atoms with Crippen molar-refractivity contribution in [1.82, 2.24) is 0 Å². The number of carbonyl (C=O) groups is 2. The number of amides is 2. The number of thioether (sulfide) groups is 1. The number of hydrogen-bond donors (Lipinski definition) is 0. The van der Waals surface area contributed by atoms with Gasteiger partial charge in [0.05, 0.1) is 31.9 Å². The minimum absolute atomic E-state index is 0.193. The number of nitrogens with zero attached hydrogens (tertiary/aromatic N) is 2. The van der Waals surface area contributed by atoms with Crippen molar-refractivity contribution < 1.29 is 9.59 Å².